The summed E-state index contributed by atoms with van der Waals surface area (Å²) in [6.45, 7) is 2.95. The Hall–Kier alpha value is -3.69. The number of aryl methyl sites for hydroxylation is 1. The van der Waals surface area contributed by atoms with E-state index >= 15 is 0 Å². The second kappa shape index (κ2) is 8.36. The van der Waals surface area contributed by atoms with E-state index in [9.17, 15) is 9.59 Å². The Labute approximate surface area is 173 Å². The predicted molar refractivity (Wildman–Crippen MR) is 107 cm³/mol. The van der Waals surface area contributed by atoms with Crippen molar-refractivity contribution in [2.45, 2.75) is 32.2 Å². The standard InChI is InChI=1S/C20H23N7O3/c1-13-23-17(25-30-13)10-22-20(29)26-9-5-6-14(11-26)18-16(19(21)28)12-27(24-18)15-7-3-2-4-8-15/h2-4,7-8,12,14H,5-6,9-11H2,1H3,(H2,21,28)(H,22,29). The highest BCUT2D eigenvalue weighted by Gasteiger charge is 2.30. The minimum absolute atomic E-state index is 0.0793. The van der Waals surface area contributed by atoms with Gasteiger partial charge in [0.2, 0.25) is 5.89 Å². The second-order valence-electron chi connectivity index (χ2n) is 7.25. The van der Waals surface area contributed by atoms with Gasteiger partial charge in [-0.15, -0.1) is 0 Å². The number of urea groups is 1. The normalized spacial score (nSPS) is 16.4. The number of hydrogen-bond acceptors (Lipinski definition) is 6. The summed E-state index contributed by atoms with van der Waals surface area (Å²) < 4.78 is 6.57. The first-order chi connectivity index (χ1) is 14.5. The first-order valence-corrected chi connectivity index (χ1v) is 9.78. The van der Waals surface area contributed by atoms with Gasteiger partial charge in [-0.3, -0.25) is 4.79 Å². The zero-order valence-electron chi connectivity index (χ0n) is 16.6. The highest BCUT2D eigenvalue weighted by atomic mass is 16.5. The molecular weight excluding hydrogens is 386 g/mol. The molecule has 1 fully saturated rings. The molecular formula is C20H23N7O3. The van der Waals surface area contributed by atoms with Crippen LogP contribution in [0.25, 0.3) is 5.69 Å². The number of amides is 3. The third-order valence-corrected chi connectivity index (χ3v) is 5.09. The Morgan fingerprint density at radius 3 is 2.80 bits per heavy atom. The molecule has 30 heavy (non-hydrogen) atoms. The van der Waals surface area contributed by atoms with Crippen LogP contribution in [0.3, 0.4) is 0 Å². The molecule has 3 aromatic rings. The molecule has 10 heteroatoms. The molecule has 1 saturated heterocycles. The van der Waals surface area contributed by atoms with Crippen molar-refractivity contribution >= 4 is 11.9 Å². The number of rotatable bonds is 5. The monoisotopic (exact) mass is 409 g/mol. The molecule has 0 aliphatic carbocycles. The quantitative estimate of drug-likeness (QED) is 0.660. The number of nitrogens with zero attached hydrogens (tertiary/aromatic N) is 5. The average Bonchev–Trinajstić information content (AvgIpc) is 3.39. The molecule has 2 aromatic heterocycles. The van der Waals surface area contributed by atoms with Gasteiger partial charge >= 0.3 is 6.03 Å². The lowest BCUT2D eigenvalue weighted by Gasteiger charge is -2.32. The second-order valence-corrected chi connectivity index (χ2v) is 7.25. The summed E-state index contributed by atoms with van der Waals surface area (Å²) in [5.41, 5.74) is 7.46. The SMILES string of the molecule is Cc1nc(CNC(=O)N2CCCC(c3nn(-c4ccccc4)cc3C(N)=O)C2)no1. The molecule has 0 radical (unpaired) electrons. The first kappa shape index (κ1) is 19.6. The summed E-state index contributed by atoms with van der Waals surface area (Å²) in [5, 5.41) is 11.2. The molecule has 3 heterocycles. The van der Waals surface area contributed by atoms with Crippen LogP contribution in [0.1, 0.15) is 46.5 Å². The molecule has 1 atom stereocenters. The Bertz CT molecular complexity index is 1040. The zero-order valence-corrected chi connectivity index (χ0v) is 16.6. The molecule has 3 N–H and O–H groups in total. The van der Waals surface area contributed by atoms with Crippen molar-refractivity contribution in [1.29, 1.82) is 0 Å². The summed E-state index contributed by atoms with van der Waals surface area (Å²) in [7, 11) is 0. The molecule has 1 aliphatic heterocycles. The largest absolute Gasteiger partial charge is 0.365 e. The van der Waals surface area contributed by atoms with Crippen LogP contribution in [-0.2, 0) is 6.54 Å². The van der Waals surface area contributed by atoms with E-state index in [4.69, 9.17) is 10.3 Å². The number of likely N-dealkylation sites (tertiary alicyclic amines) is 1. The summed E-state index contributed by atoms with van der Waals surface area (Å²) in [5.74, 6) is 0.267. The van der Waals surface area contributed by atoms with Gasteiger partial charge in [-0.1, -0.05) is 23.4 Å². The number of carbonyl (C=O) groups excluding carboxylic acids is 2. The van der Waals surface area contributed by atoms with Gasteiger partial charge in [-0.2, -0.15) is 10.1 Å². The highest BCUT2D eigenvalue weighted by molar-refractivity contribution is 5.94. The zero-order chi connectivity index (χ0) is 21.1. The summed E-state index contributed by atoms with van der Waals surface area (Å²) in [6, 6.07) is 9.31. The topological polar surface area (TPSA) is 132 Å². The fraction of sp³-hybridized carbons (Fsp3) is 0.350. The maximum Gasteiger partial charge on any atom is 0.317 e. The van der Waals surface area contributed by atoms with E-state index in [0.717, 1.165) is 18.5 Å². The number of primary amides is 1. The van der Waals surface area contributed by atoms with Crippen LogP contribution >= 0.6 is 0 Å². The number of nitrogens with one attached hydrogen (secondary N) is 1. The van der Waals surface area contributed by atoms with Crippen LogP contribution in [0.4, 0.5) is 4.79 Å². The lowest BCUT2D eigenvalue weighted by atomic mass is 9.92. The van der Waals surface area contributed by atoms with Crippen molar-refractivity contribution in [3.63, 3.8) is 0 Å². The average molecular weight is 409 g/mol. The van der Waals surface area contributed by atoms with Crippen molar-refractivity contribution in [1.82, 2.24) is 30.1 Å². The first-order valence-electron chi connectivity index (χ1n) is 9.78. The van der Waals surface area contributed by atoms with Crippen LogP contribution in [-0.4, -0.2) is 49.8 Å². The van der Waals surface area contributed by atoms with Gasteiger partial charge in [0, 0.05) is 32.1 Å². The Kier molecular flexibility index (Phi) is 5.46. The van der Waals surface area contributed by atoms with Crippen LogP contribution < -0.4 is 11.1 Å². The molecule has 0 saturated carbocycles. The molecule has 156 valence electrons. The number of hydrogen-bond donors (Lipinski definition) is 2. The van der Waals surface area contributed by atoms with E-state index in [2.05, 4.69) is 20.6 Å². The van der Waals surface area contributed by atoms with Gasteiger partial charge in [-0.05, 0) is 25.0 Å². The van der Waals surface area contributed by atoms with Crippen LogP contribution in [0.2, 0.25) is 0 Å². The number of benzene rings is 1. The van der Waals surface area contributed by atoms with Gasteiger partial charge < -0.3 is 20.5 Å². The maximum atomic E-state index is 12.6. The van der Waals surface area contributed by atoms with E-state index in [0.29, 0.717) is 36.1 Å². The van der Waals surface area contributed by atoms with Crippen LogP contribution in [0, 0.1) is 6.92 Å². The smallest absolute Gasteiger partial charge is 0.317 e. The summed E-state index contributed by atoms with van der Waals surface area (Å²) in [4.78, 5) is 30.4. The minimum atomic E-state index is -0.527. The number of carbonyl (C=O) groups is 2. The maximum absolute atomic E-state index is 12.6. The summed E-state index contributed by atoms with van der Waals surface area (Å²) in [6.07, 6.45) is 3.28. The molecule has 0 spiro atoms. The van der Waals surface area contributed by atoms with Gasteiger partial charge in [-0.25, -0.2) is 9.48 Å². The minimum Gasteiger partial charge on any atom is -0.365 e. The Morgan fingerprint density at radius 2 is 2.10 bits per heavy atom. The molecule has 3 amide bonds. The van der Waals surface area contributed by atoms with E-state index in [1.54, 1.807) is 22.7 Å². The van der Waals surface area contributed by atoms with Gasteiger partial charge in [0.05, 0.1) is 23.5 Å². The van der Waals surface area contributed by atoms with E-state index in [1.165, 1.54) is 0 Å². The number of nitrogens with two attached hydrogens (primary N) is 1. The van der Waals surface area contributed by atoms with Crippen molar-refractivity contribution in [3.05, 3.63) is 59.5 Å². The van der Waals surface area contributed by atoms with E-state index < -0.39 is 5.91 Å². The predicted octanol–water partition coefficient (Wildman–Crippen LogP) is 1.75. The van der Waals surface area contributed by atoms with Gasteiger partial charge in [0.15, 0.2) is 5.82 Å². The molecule has 4 rings (SSSR count). The van der Waals surface area contributed by atoms with Gasteiger partial charge in [0.25, 0.3) is 5.91 Å². The third kappa shape index (κ3) is 4.17. The van der Waals surface area contributed by atoms with Crippen LogP contribution in [0.5, 0.6) is 0 Å². The molecule has 1 aromatic carbocycles. The summed E-state index contributed by atoms with van der Waals surface area (Å²) >= 11 is 0. The Balaban J connectivity index is 1.49. The van der Waals surface area contributed by atoms with Crippen molar-refractivity contribution in [2.24, 2.45) is 5.73 Å². The number of aromatic nitrogens is 4. The highest BCUT2D eigenvalue weighted by Crippen LogP contribution is 2.29. The van der Waals surface area contributed by atoms with Crippen molar-refractivity contribution in [3.8, 4) is 5.69 Å². The number of para-hydroxylation sites is 1. The molecule has 10 nitrogen and oxygen atoms in total. The fourth-order valence-corrected chi connectivity index (χ4v) is 3.66. The molecule has 1 aliphatic rings. The van der Waals surface area contributed by atoms with E-state index in [-0.39, 0.29) is 18.5 Å². The Morgan fingerprint density at radius 1 is 1.30 bits per heavy atom. The van der Waals surface area contributed by atoms with E-state index in [1.807, 2.05) is 30.3 Å². The lowest BCUT2D eigenvalue weighted by Crippen LogP contribution is -2.45. The molecule has 0 bridgehead atoms. The van der Waals surface area contributed by atoms with Crippen molar-refractivity contribution in [2.75, 3.05) is 13.1 Å². The lowest BCUT2D eigenvalue weighted by molar-refractivity contribution is 0.0998. The van der Waals surface area contributed by atoms with Crippen LogP contribution in [0.15, 0.2) is 41.1 Å². The molecule has 1 unspecified atom stereocenters. The van der Waals surface area contributed by atoms with Crippen molar-refractivity contribution < 1.29 is 14.1 Å². The fourth-order valence-electron chi connectivity index (χ4n) is 3.66. The number of piperidine rings is 1. The third-order valence-electron chi connectivity index (χ3n) is 5.09. The van der Waals surface area contributed by atoms with Gasteiger partial charge in [0.1, 0.15) is 0 Å².